The highest BCUT2D eigenvalue weighted by Gasteiger charge is 2.09. The number of aryl methyl sites for hydroxylation is 3. The van der Waals surface area contributed by atoms with Gasteiger partial charge in [-0.25, -0.2) is 14.6 Å². The Morgan fingerprint density at radius 2 is 1.76 bits per heavy atom. The average molecular weight is 450 g/mol. The van der Waals surface area contributed by atoms with Crippen molar-refractivity contribution in [3.05, 3.63) is 118 Å². The van der Waals surface area contributed by atoms with Crippen molar-refractivity contribution in [2.24, 2.45) is 7.05 Å². The average Bonchev–Trinajstić information content (AvgIpc) is 3.31. The van der Waals surface area contributed by atoms with Crippen molar-refractivity contribution in [3.8, 4) is 17.1 Å². The second kappa shape index (κ2) is 9.58. The number of hydrogen-bond donors (Lipinski definition) is 0. The topological polar surface area (TPSA) is 91.4 Å². The maximum Gasteiger partial charge on any atom is 0.203 e. The molecule has 0 N–H and O–H groups in total. The molecule has 8 heteroatoms. The molecular weight excluding hydrogens is 426 g/mol. The molecule has 0 unspecified atom stereocenters. The van der Waals surface area contributed by atoms with E-state index in [4.69, 9.17) is 0 Å². The van der Waals surface area contributed by atoms with Gasteiger partial charge >= 0.3 is 0 Å². The van der Waals surface area contributed by atoms with Gasteiger partial charge in [0.1, 0.15) is 11.4 Å². The van der Waals surface area contributed by atoms with Crippen LogP contribution in [0.25, 0.3) is 17.1 Å². The van der Waals surface area contributed by atoms with Crippen LogP contribution in [0.3, 0.4) is 0 Å². The summed E-state index contributed by atoms with van der Waals surface area (Å²) < 4.78 is 3.36. The lowest BCUT2D eigenvalue weighted by atomic mass is 10.1. The highest BCUT2D eigenvalue weighted by molar-refractivity contribution is 5.56. The lowest BCUT2D eigenvalue weighted by Gasteiger charge is -2.07. The molecule has 4 heterocycles. The Kier molecular flexibility index (Phi) is 6.03. The van der Waals surface area contributed by atoms with Gasteiger partial charge in [-0.1, -0.05) is 24.3 Å². The molecule has 0 atom stereocenters. The smallest absolute Gasteiger partial charge is 0.203 e. The third-order valence-corrected chi connectivity index (χ3v) is 5.49. The van der Waals surface area contributed by atoms with Crippen LogP contribution in [-0.2, 0) is 26.3 Å². The van der Waals surface area contributed by atoms with Crippen molar-refractivity contribution in [1.82, 2.24) is 34.5 Å². The largest absolute Gasteiger partial charge is 0.288 e. The molecule has 0 spiro atoms. The van der Waals surface area contributed by atoms with E-state index in [1.54, 1.807) is 28.0 Å². The zero-order chi connectivity index (χ0) is 23.3. The van der Waals surface area contributed by atoms with Gasteiger partial charge in [0.25, 0.3) is 0 Å². The second-order valence-corrected chi connectivity index (χ2v) is 8.06. The molecule has 4 aromatic heterocycles. The van der Waals surface area contributed by atoms with Crippen molar-refractivity contribution in [2.45, 2.75) is 19.3 Å². The zero-order valence-corrected chi connectivity index (χ0v) is 18.7. The van der Waals surface area contributed by atoms with Crippen LogP contribution in [0, 0.1) is 0 Å². The van der Waals surface area contributed by atoms with Crippen LogP contribution in [0.5, 0.6) is 0 Å². The van der Waals surface area contributed by atoms with Crippen molar-refractivity contribution in [2.75, 3.05) is 0 Å². The summed E-state index contributed by atoms with van der Waals surface area (Å²) in [5.41, 5.74) is 5.15. The summed E-state index contributed by atoms with van der Waals surface area (Å²) in [6.07, 6.45) is 12.8. The quantitative estimate of drug-likeness (QED) is 0.379. The Morgan fingerprint density at radius 3 is 2.53 bits per heavy atom. The van der Waals surface area contributed by atoms with Crippen molar-refractivity contribution in [1.29, 1.82) is 0 Å². The first-order valence-electron chi connectivity index (χ1n) is 11.0. The van der Waals surface area contributed by atoms with Crippen LogP contribution in [0.15, 0.2) is 90.5 Å². The van der Waals surface area contributed by atoms with E-state index in [-0.39, 0.29) is 5.43 Å². The predicted octanol–water partition coefficient (Wildman–Crippen LogP) is 3.19. The van der Waals surface area contributed by atoms with Gasteiger partial charge < -0.3 is 0 Å². The number of benzene rings is 1. The molecule has 0 saturated heterocycles. The lowest BCUT2D eigenvalue weighted by Crippen LogP contribution is -2.16. The highest BCUT2D eigenvalue weighted by atomic mass is 16.1. The minimum Gasteiger partial charge on any atom is -0.288 e. The number of aromatic nitrogens is 7. The van der Waals surface area contributed by atoms with E-state index >= 15 is 0 Å². The molecule has 168 valence electrons. The predicted molar refractivity (Wildman–Crippen MR) is 129 cm³/mol. The summed E-state index contributed by atoms with van der Waals surface area (Å²) in [5.74, 6) is 0.650. The molecule has 5 rings (SSSR count). The van der Waals surface area contributed by atoms with Crippen LogP contribution in [0.4, 0.5) is 0 Å². The zero-order valence-electron chi connectivity index (χ0n) is 18.7. The molecule has 5 aromatic rings. The van der Waals surface area contributed by atoms with Crippen molar-refractivity contribution in [3.63, 3.8) is 0 Å². The number of pyridine rings is 1. The Morgan fingerprint density at radius 1 is 0.882 bits per heavy atom. The molecule has 0 amide bonds. The summed E-state index contributed by atoms with van der Waals surface area (Å²) in [6.45, 7) is 0. The first-order valence-corrected chi connectivity index (χ1v) is 11.0. The summed E-state index contributed by atoms with van der Waals surface area (Å²) >= 11 is 0. The fraction of sp³-hybridized carbons (Fsp3) is 0.154. The number of hydrogen-bond acceptors (Lipinski definition) is 6. The first-order chi connectivity index (χ1) is 16.6. The first kappa shape index (κ1) is 21.4. The Balaban J connectivity index is 1.32. The fourth-order valence-electron chi connectivity index (χ4n) is 3.71. The van der Waals surface area contributed by atoms with Crippen LogP contribution < -0.4 is 5.43 Å². The summed E-state index contributed by atoms with van der Waals surface area (Å²) in [4.78, 5) is 25.9. The fourth-order valence-corrected chi connectivity index (χ4v) is 3.71. The van der Waals surface area contributed by atoms with E-state index in [1.807, 2.05) is 68.1 Å². The summed E-state index contributed by atoms with van der Waals surface area (Å²) in [7, 11) is 1.84. The Bertz CT molecular complexity index is 1460. The van der Waals surface area contributed by atoms with Gasteiger partial charge in [-0.2, -0.15) is 10.2 Å². The maximum absolute atomic E-state index is 12.4. The molecular formula is C26H23N7O. The second-order valence-electron chi connectivity index (χ2n) is 8.06. The van der Waals surface area contributed by atoms with E-state index in [1.165, 1.54) is 6.07 Å². The Labute approximate surface area is 196 Å². The lowest BCUT2D eigenvalue weighted by molar-refractivity contribution is 0.762. The van der Waals surface area contributed by atoms with Crippen molar-refractivity contribution >= 4 is 0 Å². The normalized spacial score (nSPS) is 11.0. The van der Waals surface area contributed by atoms with Crippen molar-refractivity contribution < 1.29 is 0 Å². The van der Waals surface area contributed by atoms with Gasteiger partial charge in [-0.15, -0.1) is 0 Å². The van der Waals surface area contributed by atoms with Crippen LogP contribution in [0.2, 0.25) is 0 Å². The Hall–Kier alpha value is -4.46. The van der Waals surface area contributed by atoms with Crippen LogP contribution in [0.1, 0.15) is 22.5 Å². The molecule has 0 aliphatic heterocycles. The molecule has 0 aliphatic rings. The van der Waals surface area contributed by atoms with Crippen LogP contribution >= 0.6 is 0 Å². The van der Waals surface area contributed by atoms with Gasteiger partial charge in [0.2, 0.25) is 5.43 Å². The van der Waals surface area contributed by atoms with Gasteiger partial charge in [-0.05, 0) is 42.2 Å². The molecule has 0 bridgehead atoms. The van der Waals surface area contributed by atoms with Gasteiger partial charge in [0.15, 0.2) is 5.82 Å². The summed E-state index contributed by atoms with van der Waals surface area (Å²) in [5, 5.41) is 8.69. The minimum absolute atomic E-state index is 0.0981. The molecule has 0 saturated carbocycles. The minimum atomic E-state index is -0.0981. The summed E-state index contributed by atoms with van der Waals surface area (Å²) in [6, 6.07) is 15.4. The van der Waals surface area contributed by atoms with E-state index in [9.17, 15) is 4.79 Å². The molecule has 0 radical (unpaired) electrons. The molecule has 0 fully saturated rings. The van der Waals surface area contributed by atoms with Crippen LogP contribution in [-0.4, -0.2) is 34.5 Å². The molecule has 0 aliphatic carbocycles. The third kappa shape index (κ3) is 4.96. The number of rotatable bonds is 7. The SMILES string of the molecule is Cn1cc(-n2ccc(=O)c(Cc3cccc(-c4ncc(CCc5ccccn5)cn4)c3)n2)cn1. The standard InChI is InChI=1S/C26H23N7O/c1-32-18-23(17-30-32)33-12-10-25(34)24(31-33)14-19-5-4-6-21(13-19)26-28-15-20(16-29-26)8-9-22-7-2-3-11-27-22/h2-7,10-13,15-18H,8-9,14H2,1H3. The van der Waals surface area contributed by atoms with E-state index in [2.05, 4.69) is 25.1 Å². The third-order valence-electron chi connectivity index (χ3n) is 5.49. The highest BCUT2D eigenvalue weighted by Crippen LogP contribution is 2.18. The monoisotopic (exact) mass is 449 g/mol. The van der Waals surface area contributed by atoms with E-state index in [0.717, 1.165) is 40.9 Å². The van der Waals surface area contributed by atoms with Gasteiger partial charge in [0, 0.05) is 55.6 Å². The maximum atomic E-state index is 12.4. The molecule has 1 aromatic carbocycles. The molecule has 34 heavy (non-hydrogen) atoms. The van der Waals surface area contributed by atoms with Gasteiger partial charge in [0.05, 0.1) is 12.4 Å². The van der Waals surface area contributed by atoms with E-state index < -0.39 is 0 Å². The molecule has 8 nitrogen and oxygen atoms in total. The van der Waals surface area contributed by atoms with Gasteiger partial charge in [-0.3, -0.25) is 14.5 Å². The van der Waals surface area contributed by atoms with E-state index in [0.29, 0.717) is 17.9 Å². The number of nitrogens with zero attached hydrogens (tertiary/aromatic N) is 7.